The zero-order valence-electron chi connectivity index (χ0n) is 11.1. The van der Waals surface area contributed by atoms with E-state index in [0.717, 1.165) is 30.7 Å². The molecule has 20 heavy (non-hydrogen) atoms. The van der Waals surface area contributed by atoms with Crippen molar-refractivity contribution < 1.29 is 9.53 Å². The first-order valence-electron chi connectivity index (χ1n) is 6.83. The summed E-state index contributed by atoms with van der Waals surface area (Å²) in [5, 5.41) is 9.78. The normalized spacial score (nSPS) is 18.1. The van der Waals surface area contributed by atoms with Crippen LogP contribution in [0.25, 0.3) is 11.3 Å². The number of hydrogen-bond acceptors (Lipinski definition) is 3. The van der Waals surface area contributed by atoms with E-state index in [-0.39, 0.29) is 12.0 Å². The van der Waals surface area contributed by atoms with Crippen molar-refractivity contribution in [2.45, 2.75) is 18.9 Å². The number of hydrogen-bond donors (Lipinski definition) is 2. The fourth-order valence-corrected chi connectivity index (χ4v) is 2.39. The number of carbonyl (C=O) groups is 1. The summed E-state index contributed by atoms with van der Waals surface area (Å²) >= 11 is 0. The fraction of sp³-hybridized carbons (Fsp3) is 0.333. The van der Waals surface area contributed by atoms with Crippen molar-refractivity contribution in [1.29, 1.82) is 0 Å². The number of nitrogens with one attached hydrogen (secondary N) is 2. The Labute approximate surface area is 117 Å². The smallest absolute Gasteiger partial charge is 0.255 e. The lowest BCUT2D eigenvalue weighted by molar-refractivity contribution is 0.0858. The third-order valence-electron chi connectivity index (χ3n) is 3.46. The highest BCUT2D eigenvalue weighted by Crippen LogP contribution is 2.20. The van der Waals surface area contributed by atoms with Crippen LogP contribution < -0.4 is 5.32 Å². The maximum absolute atomic E-state index is 12.2. The third-order valence-corrected chi connectivity index (χ3v) is 3.46. The van der Waals surface area contributed by atoms with E-state index in [1.807, 2.05) is 30.3 Å². The van der Waals surface area contributed by atoms with Crippen LogP contribution in [-0.2, 0) is 4.74 Å². The molecule has 1 aliphatic heterocycles. The SMILES string of the molecule is O=C(NCC1CCCO1)c1cn[nH]c1-c1ccccc1. The van der Waals surface area contributed by atoms with Crippen molar-refractivity contribution in [2.24, 2.45) is 0 Å². The van der Waals surface area contributed by atoms with Gasteiger partial charge in [0.25, 0.3) is 5.91 Å². The van der Waals surface area contributed by atoms with Crippen LogP contribution in [0.3, 0.4) is 0 Å². The second kappa shape index (κ2) is 5.88. The monoisotopic (exact) mass is 271 g/mol. The Morgan fingerprint density at radius 2 is 2.25 bits per heavy atom. The summed E-state index contributed by atoms with van der Waals surface area (Å²) in [6.07, 6.45) is 3.79. The van der Waals surface area contributed by atoms with Gasteiger partial charge in [0.15, 0.2) is 0 Å². The first-order valence-corrected chi connectivity index (χ1v) is 6.83. The maximum atomic E-state index is 12.2. The lowest BCUT2D eigenvalue weighted by atomic mass is 10.1. The predicted octanol–water partition coefficient (Wildman–Crippen LogP) is 1.99. The molecular weight excluding hydrogens is 254 g/mol. The van der Waals surface area contributed by atoms with Crippen LogP contribution in [0.2, 0.25) is 0 Å². The molecule has 2 aromatic rings. The van der Waals surface area contributed by atoms with Crippen LogP contribution in [0.15, 0.2) is 36.5 Å². The Morgan fingerprint density at radius 3 is 3.00 bits per heavy atom. The number of aromatic nitrogens is 2. The summed E-state index contributed by atoms with van der Waals surface area (Å²) in [7, 11) is 0. The molecule has 0 radical (unpaired) electrons. The Hall–Kier alpha value is -2.14. The number of aromatic amines is 1. The molecule has 5 heteroatoms. The Bertz CT molecular complexity index is 574. The van der Waals surface area contributed by atoms with E-state index >= 15 is 0 Å². The molecule has 5 nitrogen and oxygen atoms in total. The van der Waals surface area contributed by atoms with E-state index in [9.17, 15) is 4.79 Å². The Balaban J connectivity index is 1.70. The highest BCUT2D eigenvalue weighted by atomic mass is 16.5. The molecule has 1 saturated heterocycles. The summed E-state index contributed by atoms with van der Waals surface area (Å²) < 4.78 is 5.50. The van der Waals surface area contributed by atoms with Crippen molar-refractivity contribution in [3.05, 3.63) is 42.1 Å². The molecule has 1 aromatic heterocycles. The molecule has 0 aliphatic carbocycles. The van der Waals surface area contributed by atoms with Crippen molar-refractivity contribution in [3.63, 3.8) is 0 Å². The zero-order chi connectivity index (χ0) is 13.8. The van der Waals surface area contributed by atoms with Gasteiger partial charge in [0.2, 0.25) is 0 Å². The van der Waals surface area contributed by atoms with Crippen LogP contribution in [-0.4, -0.2) is 35.4 Å². The molecule has 1 aliphatic rings. The number of H-pyrrole nitrogens is 1. The molecule has 2 N–H and O–H groups in total. The standard InChI is InChI=1S/C15H17N3O2/c19-15(16-9-12-7-4-8-20-12)13-10-17-18-14(13)11-5-2-1-3-6-11/h1-3,5-6,10,12H,4,7-9H2,(H,16,19)(H,17,18). The van der Waals surface area contributed by atoms with Gasteiger partial charge in [-0.3, -0.25) is 9.89 Å². The number of ether oxygens (including phenoxy) is 1. The van der Waals surface area contributed by atoms with Gasteiger partial charge in [-0.25, -0.2) is 0 Å². The van der Waals surface area contributed by atoms with E-state index in [4.69, 9.17) is 4.74 Å². The van der Waals surface area contributed by atoms with Crippen molar-refractivity contribution in [1.82, 2.24) is 15.5 Å². The maximum Gasteiger partial charge on any atom is 0.255 e. The van der Waals surface area contributed by atoms with Gasteiger partial charge in [0, 0.05) is 18.7 Å². The van der Waals surface area contributed by atoms with E-state index in [1.54, 1.807) is 6.20 Å². The summed E-state index contributed by atoms with van der Waals surface area (Å²) in [4.78, 5) is 12.2. The molecule has 1 atom stereocenters. The predicted molar refractivity (Wildman–Crippen MR) is 75.3 cm³/mol. The van der Waals surface area contributed by atoms with Gasteiger partial charge in [-0.05, 0) is 12.8 Å². The molecular formula is C15H17N3O2. The summed E-state index contributed by atoms with van der Waals surface area (Å²) in [5.41, 5.74) is 2.26. The van der Waals surface area contributed by atoms with Crippen molar-refractivity contribution in [3.8, 4) is 11.3 Å². The summed E-state index contributed by atoms with van der Waals surface area (Å²) in [5.74, 6) is -0.117. The minimum Gasteiger partial charge on any atom is -0.376 e. The van der Waals surface area contributed by atoms with Gasteiger partial charge < -0.3 is 10.1 Å². The highest BCUT2D eigenvalue weighted by molar-refractivity contribution is 5.99. The number of rotatable bonds is 4. The van der Waals surface area contributed by atoms with Gasteiger partial charge in [0.05, 0.1) is 23.6 Å². The van der Waals surface area contributed by atoms with E-state index in [1.165, 1.54) is 0 Å². The van der Waals surface area contributed by atoms with Crippen LogP contribution in [0.4, 0.5) is 0 Å². The molecule has 0 saturated carbocycles. The molecule has 2 heterocycles. The second-order valence-electron chi connectivity index (χ2n) is 4.87. The highest BCUT2D eigenvalue weighted by Gasteiger charge is 2.19. The minimum absolute atomic E-state index is 0.117. The average molecular weight is 271 g/mol. The molecule has 0 bridgehead atoms. The largest absolute Gasteiger partial charge is 0.376 e. The molecule has 0 spiro atoms. The number of benzene rings is 1. The molecule has 3 rings (SSSR count). The van der Waals surface area contributed by atoms with E-state index in [2.05, 4.69) is 15.5 Å². The molecule has 104 valence electrons. The summed E-state index contributed by atoms with van der Waals surface area (Å²) in [6, 6.07) is 9.71. The lowest BCUT2D eigenvalue weighted by Gasteiger charge is -2.10. The van der Waals surface area contributed by atoms with Gasteiger partial charge in [-0.1, -0.05) is 30.3 Å². The third kappa shape index (κ3) is 2.72. The van der Waals surface area contributed by atoms with Gasteiger partial charge in [-0.15, -0.1) is 0 Å². The first kappa shape index (κ1) is 12.9. The number of carbonyl (C=O) groups excluding carboxylic acids is 1. The molecule has 1 amide bonds. The van der Waals surface area contributed by atoms with Crippen molar-refractivity contribution in [2.75, 3.05) is 13.2 Å². The van der Waals surface area contributed by atoms with E-state index in [0.29, 0.717) is 12.1 Å². The number of nitrogens with zero attached hydrogens (tertiary/aromatic N) is 1. The van der Waals surface area contributed by atoms with Crippen LogP contribution in [0, 0.1) is 0 Å². The quantitative estimate of drug-likeness (QED) is 0.893. The molecule has 1 aromatic carbocycles. The minimum atomic E-state index is -0.117. The Morgan fingerprint density at radius 1 is 1.40 bits per heavy atom. The first-order chi connectivity index (χ1) is 9.84. The molecule has 1 unspecified atom stereocenters. The second-order valence-corrected chi connectivity index (χ2v) is 4.87. The van der Waals surface area contributed by atoms with Gasteiger partial charge in [-0.2, -0.15) is 5.10 Å². The van der Waals surface area contributed by atoms with Gasteiger partial charge in [0.1, 0.15) is 0 Å². The van der Waals surface area contributed by atoms with Crippen LogP contribution >= 0.6 is 0 Å². The zero-order valence-corrected chi connectivity index (χ0v) is 11.1. The fourth-order valence-electron chi connectivity index (χ4n) is 2.39. The molecule has 1 fully saturated rings. The average Bonchev–Trinajstić information content (AvgIpc) is 3.17. The van der Waals surface area contributed by atoms with Crippen LogP contribution in [0.1, 0.15) is 23.2 Å². The topological polar surface area (TPSA) is 67.0 Å². The van der Waals surface area contributed by atoms with Crippen molar-refractivity contribution >= 4 is 5.91 Å². The lowest BCUT2D eigenvalue weighted by Crippen LogP contribution is -2.31. The van der Waals surface area contributed by atoms with E-state index < -0.39 is 0 Å². The summed E-state index contributed by atoms with van der Waals surface area (Å²) in [6.45, 7) is 1.35. The number of amides is 1. The van der Waals surface area contributed by atoms with Crippen LogP contribution in [0.5, 0.6) is 0 Å². The Kier molecular flexibility index (Phi) is 3.78. The van der Waals surface area contributed by atoms with Gasteiger partial charge >= 0.3 is 0 Å².